The maximum Gasteiger partial charge on any atom is 0.233 e. The van der Waals surface area contributed by atoms with Gasteiger partial charge in [0.25, 0.3) is 0 Å². The van der Waals surface area contributed by atoms with Crippen LogP contribution in [0.25, 0.3) is 0 Å². The van der Waals surface area contributed by atoms with Gasteiger partial charge in [-0.25, -0.2) is 0 Å². The summed E-state index contributed by atoms with van der Waals surface area (Å²) in [6.07, 6.45) is 0.365. The van der Waals surface area contributed by atoms with E-state index in [0.717, 1.165) is 0 Å². The Balaban J connectivity index is 2.11. The number of nitrogens with zero attached hydrogens (tertiary/aromatic N) is 2. The summed E-state index contributed by atoms with van der Waals surface area (Å²) in [5.41, 5.74) is 0. The summed E-state index contributed by atoms with van der Waals surface area (Å²) in [6, 6.07) is 0.0289. The van der Waals surface area contributed by atoms with Crippen molar-refractivity contribution in [3.63, 3.8) is 0 Å². The maximum absolute atomic E-state index is 9.22. The van der Waals surface area contributed by atoms with Gasteiger partial charge in [-0.05, 0) is 6.42 Å². The van der Waals surface area contributed by atoms with E-state index in [-0.39, 0.29) is 12.1 Å². The molecule has 1 aliphatic heterocycles. The van der Waals surface area contributed by atoms with Crippen LogP contribution < -0.4 is 5.32 Å². The highest BCUT2D eigenvalue weighted by Gasteiger charge is 2.27. The highest BCUT2D eigenvalue weighted by atomic mass is 16.4. The van der Waals surface area contributed by atoms with E-state index in [1.54, 1.807) is 6.92 Å². The van der Waals surface area contributed by atoms with E-state index in [0.29, 0.717) is 24.7 Å². The summed E-state index contributed by atoms with van der Waals surface area (Å²) >= 11 is 0. The van der Waals surface area contributed by atoms with E-state index in [9.17, 15) is 5.11 Å². The summed E-state index contributed by atoms with van der Waals surface area (Å²) in [6.45, 7) is 2.36. The summed E-state index contributed by atoms with van der Waals surface area (Å²) in [4.78, 5) is 0. The molecule has 0 bridgehead atoms. The van der Waals surface area contributed by atoms with Gasteiger partial charge >= 0.3 is 0 Å². The van der Waals surface area contributed by atoms with Crippen molar-refractivity contribution in [2.24, 2.45) is 0 Å². The lowest BCUT2D eigenvalue weighted by Gasteiger charge is -2.01. The Morgan fingerprint density at radius 2 is 2.42 bits per heavy atom. The predicted molar refractivity (Wildman–Crippen MR) is 40.4 cm³/mol. The molecule has 0 amide bonds. The molecule has 5 heteroatoms. The number of hydrogen-bond donors (Lipinski definition) is 2. The van der Waals surface area contributed by atoms with Gasteiger partial charge in [0.15, 0.2) is 0 Å². The summed E-state index contributed by atoms with van der Waals surface area (Å²) in [5.74, 6) is 1.14. The molecule has 2 rings (SSSR count). The number of aliphatic hydroxyl groups excluding tert-OH is 1. The number of aryl methyl sites for hydroxylation is 1. The molecule has 12 heavy (non-hydrogen) atoms. The van der Waals surface area contributed by atoms with Crippen LogP contribution in [-0.2, 0) is 0 Å². The first-order chi connectivity index (χ1) is 5.75. The molecule has 0 aliphatic carbocycles. The molecule has 5 nitrogen and oxygen atoms in total. The minimum absolute atomic E-state index is 0.0289. The van der Waals surface area contributed by atoms with Crippen molar-refractivity contribution in [2.45, 2.75) is 25.5 Å². The lowest BCUT2D eigenvalue weighted by atomic mass is 10.2. The zero-order valence-corrected chi connectivity index (χ0v) is 6.82. The smallest absolute Gasteiger partial charge is 0.233 e. The fourth-order valence-electron chi connectivity index (χ4n) is 1.36. The minimum Gasteiger partial charge on any atom is -0.424 e. The molecular weight excluding hydrogens is 158 g/mol. The van der Waals surface area contributed by atoms with Gasteiger partial charge in [0.2, 0.25) is 11.8 Å². The van der Waals surface area contributed by atoms with Crippen LogP contribution in [0.1, 0.15) is 24.2 Å². The molecule has 0 aromatic carbocycles. The van der Waals surface area contributed by atoms with Crippen molar-refractivity contribution in [1.29, 1.82) is 0 Å². The number of aliphatic hydroxyl groups is 1. The quantitative estimate of drug-likeness (QED) is 0.607. The van der Waals surface area contributed by atoms with Gasteiger partial charge in [-0.15, -0.1) is 10.2 Å². The van der Waals surface area contributed by atoms with E-state index in [1.165, 1.54) is 0 Å². The Bertz CT molecular complexity index is 273. The predicted octanol–water partition coefficient (Wildman–Crippen LogP) is -0.227. The maximum atomic E-state index is 9.22. The lowest BCUT2D eigenvalue weighted by Crippen LogP contribution is -2.15. The fraction of sp³-hybridized carbons (Fsp3) is 0.714. The van der Waals surface area contributed by atoms with Crippen LogP contribution >= 0.6 is 0 Å². The summed E-state index contributed by atoms with van der Waals surface area (Å²) in [5, 5.41) is 19.9. The van der Waals surface area contributed by atoms with E-state index >= 15 is 0 Å². The second-order valence-corrected chi connectivity index (χ2v) is 3.01. The third-order valence-corrected chi connectivity index (χ3v) is 1.95. The molecule has 66 valence electrons. The molecule has 1 saturated heterocycles. The van der Waals surface area contributed by atoms with Crippen molar-refractivity contribution in [3.05, 3.63) is 11.8 Å². The van der Waals surface area contributed by atoms with Gasteiger partial charge in [-0.3, -0.25) is 0 Å². The van der Waals surface area contributed by atoms with Gasteiger partial charge < -0.3 is 14.8 Å². The number of β-amino-alcohol motifs (C(OH)–C–C–N with tert-alkyl or cyclic N) is 1. The van der Waals surface area contributed by atoms with Crippen LogP contribution in [0.2, 0.25) is 0 Å². The molecule has 2 N–H and O–H groups in total. The molecule has 0 spiro atoms. The molecule has 0 saturated carbocycles. The average molecular weight is 169 g/mol. The number of aromatic nitrogens is 2. The van der Waals surface area contributed by atoms with Crippen LogP contribution in [0, 0.1) is 6.92 Å². The van der Waals surface area contributed by atoms with Crippen LogP contribution in [-0.4, -0.2) is 28.0 Å². The monoisotopic (exact) mass is 169 g/mol. The Morgan fingerprint density at radius 1 is 1.58 bits per heavy atom. The molecular formula is C7H11N3O2. The zero-order valence-electron chi connectivity index (χ0n) is 6.82. The van der Waals surface area contributed by atoms with Gasteiger partial charge in [0.05, 0.1) is 12.1 Å². The third-order valence-electron chi connectivity index (χ3n) is 1.95. The SMILES string of the molecule is Cc1nnc(C2CC(O)CN2)o1. The second-order valence-electron chi connectivity index (χ2n) is 3.01. The largest absolute Gasteiger partial charge is 0.424 e. The molecule has 1 fully saturated rings. The first kappa shape index (κ1) is 7.70. The fourth-order valence-corrected chi connectivity index (χ4v) is 1.36. The van der Waals surface area contributed by atoms with Crippen molar-refractivity contribution in [3.8, 4) is 0 Å². The van der Waals surface area contributed by atoms with E-state index in [2.05, 4.69) is 15.5 Å². The molecule has 1 aromatic heterocycles. The van der Waals surface area contributed by atoms with Gasteiger partial charge in [-0.2, -0.15) is 0 Å². The molecule has 1 aliphatic rings. The van der Waals surface area contributed by atoms with Crippen molar-refractivity contribution in [2.75, 3.05) is 6.54 Å². The van der Waals surface area contributed by atoms with Gasteiger partial charge in [-0.1, -0.05) is 0 Å². The van der Waals surface area contributed by atoms with Crippen molar-refractivity contribution >= 4 is 0 Å². The van der Waals surface area contributed by atoms with Crippen molar-refractivity contribution in [1.82, 2.24) is 15.5 Å². The standard InChI is InChI=1S/C7H11N3O2/c1-4-9-10-7(12-4)6-2-5(11)3-8-6/h5-6,8,11H,2-3H2,1H3. The highest BCUT2D eigenvalue weighted by Crippen LogP contribution is 2.21. The lowest BCUT2D eigenvalue weighted by molar-refractivity contribution is 0.191. The highest BCUT2D eigenvalue weighted by molar-refractivity contribution is 4.94. The number of nitrogens with one attached hydrogen (secondary N) is 1. The molecule has 1 aromatic rings. The minimum atomic E-state index is -0.290. The molecule has 0 radical (unpaired) electrons. The Morgan fingerprint density at radius 3 is 2.92 bits per heavy atom. The summed E-state index contributed by atoms with van der Waals surface area (Å²) < 4.78 is 5.22. The third kappa shape index (κ3) is 1.33. The first-order valence-electron chi connectivity index (χ1n) is 3.97. The van der Waals surface area contributed by atoms with Crippen LogP contribution in [0.3, 0.4) is 0 Å². The van der Waals surface area contributed by atoms with E-state index < -0.39 is 0 Å². The van der Waals surface area contributed by atoms with Crippen molar-refractivity contribution < 1.29 is 9.52 Å². The molecule has 2 atom stereocenters. The zero-order chi connectivity index (χ0) is 8.55. The normalized spacial score (nSPS) is 29.5. The Labute approximate surface area is 69.8 Å². The first-order valence-corrected chi connectivity index (χ1v) is 3.97. The van der Waals surface area contributed by atoms with Crippen LogP contribution in [0.5, 0.6) is 0 Å². The Kier molecular flexibility index (Phi) is 1.82. The number of rotatable bonds is 1. The van der Waals surface area contributed by atoms with Crippen LogP contribution in [0.4, 0.5) is 0 Å². The van der Waals surface area contributed by atoms with Gasteiger partial charge in [0.1, 0.15) is 0 Å². The van der Waals surface area contributed by atoms with Gasteiger partial charge in [0, 0.05) is 13.5 Å². The summed E-state index contributed by atoms with van der Waals surface area (Å²) in [7, 11) is 0. The second kappa shape index (κ2) is 2.84. The molecule has 2 unspecified atom stereocenters. The van der Waals surface area contributed by atoms with E-state index in [4.69, 9.17) is 4.42 Å². The van der Waals surface area contributed by atoms with E-state index in [1.807, 2.05) is 0 Å². The Hall–Kier alpha value is -0.940. The molecule has 2 heterocycles. The topological polar surface area (TPSA) is 71.2 Å². The number of hydrogen-bond acceptors (Lipinski definition) is 5. The van der Waals surface area contributed by atoms with Crippen LogP contribution in [0.15, 0.2) is 4.42 Å². The average Bonchev–Trinajstić information content (AvgIpc) is 2.58.